The van der Waals surface area contributed by atoms with Crippen LogP contribution in [0.25, 0.3) is 0 Å². The third kappa shape index (κ3) is 4.95. The number of halogens is 1. The van der Waals surface area contributed by atoms with E-state index in [0.717, 1.165) is 44.1 Å². The van der Waals surface area contributed by atoms with Crippen molar-refractivity contribution in [2.45, 2.75) is 49.5 Å². The van der Waals surface area contributed by atoms with Crippen molar-refractivity contribution in [3.63, 3.8) is 0 Å². The average molecular weight is 346 g/mol. The predicted molar refractivity (Wildman–Crippen MR) is 88.6 cm³/mol. The van der Waals surface area contributed by atoms with Gasteiger partial charge < -0.3 is 5.11 Å². The van der Waals surface area contributed by atoms with E-state index in [1.54, 1.807) is 12.1 Å². The van der Waals surface area contributed by atoms with E-state index < -0.39 is 10.0 Å². The van der Waals surface area contributed by atoms with Gasteiger partial charge in [-0.3, -0.25) is 0 Å². The Morgan fingerprint density at radius 1 is 1.14 bits per heavy atom. The lowest BCUT2D eigenvalue weighted by molar-refractivity contribution is 0.180. The number of hydrogen-bond acceptors (Lipinski definition) is 3. The molecule has 124 valence electrons. The minimum absolute atomic E-state index is 0.0243. The van der Waals surface area contributed by atoms with Crippen LogP contribution in [0.1, 0.15) is 37.7 Å². The largest absolute Gasteiger partial charge is 0.396 e. The molecule has 1 fully saturated rings. The maximum absolute atomic E-state index is 12.4. The molecule has 1 aromatic rings. The zero-order valence-corrected chi connectivity index (χ0v) is 14.2. The Hall–Kier alpha value is -0.620. The summed E-state index contributed by atoms with van der Waals surface area (Å²) < 4.78 is 27.6. The van der Waals surface area contributed by atoms with Crippen LogP contribution in [-0.2, 0) is 16.4 Å². The fraction of sp³-hybridized carbons (Fsp3) is 0.625. The van der Waals surface area contributed by atoms with Crippen LogP contribution in [0.5, 0.6) is 0 Å². The lowest BCUT2D eigenvalue weighted by Gasteiger charge is -2.27. The zero-order valence-electron chi connectivity index (χ0n) is 12.7. The number of hydrogen-bond donors (Lipinski definition) is 2. The number of aryl methyl sites for hydroxylation is 1. The third-order valence-electron chi connectivity index (χ3n) is 4.26. The van der Waals surface area contributed by atoms with Crippen molar-refractivity contribution in [3.05, 3.63) is 29.8 Å². The summed E-state index contributed by atoms with van der Waals surface area (Å²) in [6.45, 7) is 0.198. The van der Waals surface area contributed by atoms with Crippen LogP contribution in [0.4, 0.5) is 0 Å². The molecule has 0 aromatic heterocycles. The summed E-state index contributed by atoms with van der Waals surface area (Å²) in [4.78, 5) is 0.311. The molecule has 1 aliphatic carbocycles. The molecule has 0 spiro atoms. The summed E-state index contributed by atoms with van der Waals surface area (Å²) in [5.41, 5.74) is 1.10. The molecule has 0 bridgehead atoms. The number of aliphatic hydroxyl groups is 1. The van der Waals surface area contributed by atoms with E-state index in [2.05, 4.69) is 4.72 Å². The molecule has 0 unspecified atom stereocenters. The van der Waals surface area contributed by atoms with Gasteiger partial charge in [-0.25, -0.2) is 13.1 Å². The number of aliphatic hydroxyl groups excluding tert-OH is 1. The number of benzene rings is 1. The van der Waals surface area contributed by atoms with E-state index in [1.807, 2.05) is 12.1 Å². The second kappa shape index (κ2) is 8.29. The summed E-state index contributed by atoms with van der Waals surface area (Å²) >= 11 is 5.66. The van der Waals surface area contributed by atoms with Crippen LogP contribution in [0.2, 0.25) is 0 Å². The smallest absolute Gasteiger partial charge is 0.240 e. The van der Waals surface area contributed by atoms with Crippen LogP contribution >= 0.6 is 11.6 Å². The summed E-state index contributed by atoms with van der Waals surface area (Å²) in [5.74, 6) is 0.931. The van der Waals surface area contributed by atoms with E-state index in [0.29, 0.717) is 16.7 Å². The van der Waals surface area contributed by atoms with Gasteiger partial charge in [0, 0.05) is 18.5 Å². The first kappa shape index (κ1) is 17.7. The van der Waals surface area contributed by atoms with Gasteiger partial charge in [0.25, 0.3) is 0 Å². The molecule has 2 rings (SSSR count). The molecule has 2 N–H and O–H groups in total. The SMILES string of the molecule is O=S(=O)(NC1CCC(CO)CC1)c1ccc(CCCCl)cc1. The lowest BCUT2D eigenvalue weighted by Crippen LogP contribution is -2.38. The zero-order chi connectivity index (χ0) is 16.0. The molecule has 1 aromatic carbocycles. The number of alkyl halides is 1. The van der Waals surface area contributed by atoms with Crippen molar-refractivity contribution in [3.8, 4) is 0 Å². The highest BCUT2D eigenvalue weighted by atomic mass is 35.5. The average Bonchev–Trinajstić information content (AvgIpc) is 2.53. The minimum Gasteiger partial charge on any atom is -0.396 e. The molecular weight excluding hydrogens is 322 g/mol. The number of sulfonamides is 1. The lowest BCUT2D eigenvalue weighted by atomic mass is 9.87. The topological polar surface area (TPSA) is 66.4 Å². The van der Waals surface area contributed by atoms with Crippen LogP contribution in [0.3, 0.4) is 0 Å². The van der Waals surface area contributed by atoms with Gasteiger partial charge in [0.15, 0.2) is 0 Å². The van der Waals surface area contributed by atoms with Gasteiger partial charge in [0.05, 0.1) is 4.90 Å². The molecule has 1 saturated carbocycles. The second-order valence-electron chi connectivity index (χ2n) is 5.96. The van der Waals surface area contributed by atoms with Gasteiger partial charge in [0.2, 0.25) is 10.0 Å². The molecule has 1 aliphatic rings. The van der Waals surface area contributed by atoms with Gasteiger partial charge in [-0.05, 0) is 62.1 Å². The minimum atomic E-state index is -3.46. The summed E-state index contributed by atoms with van der Waals surface area (Å²) in [6, 6.07) is 6.99. The molecule has 22 heavy (non-hydrogen) atoms. The fourth-order valence-electron chi connectivity index (χ4n) is 2.86. The highest BCUT2D eigenvalue weighted by Gasteiger charge is 2.25. The Kier molecular flexibility index (Phi) is 6.68. The van der Waals surface area contributed by atoms with Crippen LogP contribution in [0.15, 0.2) is 29.2 Å². The van der Waals surface area contributed by atoms with E-state index in [1.165, 1.54) is 0 Å². The molecule has 0 aliphatic heterocycles. The predicted octanol–water partition coefficient (Wildman–Crippen LogP) is 2.69. The van der Waals surface area contributed by atoms with E-state index in [9.17, 15) is 8.42 Å². The van der Waals surface area contributed by atoms with Crippen molar-refractivity contribution in [2.75, 3.05) is 12.5 Å². The monoisotopic (exact) mass is 345 g/mol. The maximum atomic E-state index is 12.4. The van der Waals surface area contributed by atoms with Gasteiger partial charge >= 0.3 is 0 Å². The first-order valence-corrected chi connectivity index (χ1v) is 9.85. The highest BCUT2D eigenvalue weighted by Crippen LogP contribution is 2.25. The molecule has 0 atom stereocenters. The number of rotatable bonds is 7. The van der Waals surface area contributed by atoms with Crippen LogP contribution in [0, 0.1) is 5.92 Å². The Morgan fingerprint density at radius 2 is 1.77 bits per heavy atom. The normalized spacial score (nSPS) is 22.6. The molecule has 0 amide bonds. The molecule has 0 heterocycles. The summed E-state index contributed by atoms with van der Waals surface area (Å²) in [7, 11) is -3.46. The molecule has 0 saturated heterocycles. The first-order valence-electron chi connectivity index (χ1n) is 7.83. The van der Waals surface area contributed by atoms with E-state index >= 15 is 0 Å². The van der Waals surface area contributed by atoms with Crippen molar-refractivity contribution >= 4 is 21.6 Å². The van der Waals surface area contributed by atoms with Crippen molar-refractivity contribution in [1.29, 1.82) is 0 Å². The van der Waals surface area contributed by atoms with Gasteiger partial charge in [0.1, 0.15) is 0 Å². The van der Waals surface area contributed by atoms with Gasteiger partial charge in [-0.2, -0.15) is 0 Å². The number of nitrogens with one attached hydrogen (secondary N) is 1. The van der Waals surface area contributed by atoms with Crippen molar-refractivity contribution in [1.82, 2.24) is 4.72 Å². The van der Waals surface area contributed by atoms with E-state index in [-0.39, 0.29) is 12.6 Å². The first-order chi connectivity index (χ1) is 10.5. The van der Waals surface area contributed by atoms with Crippen molar-refractivity contribution < 1.29 is 13.5 Å². The molecule has 0 radical (unpaired) electrons. The molecular formula is C16H24ClNO3S. The van der Waals surface area contributed by atoms with E-state index in [4.69, 9.17) is 16.7 Å². The molecule has 6 heteroatoms. The Balaban J connectivity index is 1.95. The Morgan fingerprint density at radius 3 is 2.32 bits per heavy atom. The Labute approximate surface area is 137 Å². The standard InChI is InChI=1S/C16H24ClNO3S/c17-11-1-2-13-5-9-16(10-6-13)22(20,21)18-15-7-3-14(12-19)4-8-15/h5-6,9-10,14-15,18-19H,1-4,7-8,11-12H2. The summed E-state index contributed by atoms with van der Waals surface area (Å²) in [6.07, 6.45) is 5.08. The van der Waals surface area contributed by atoms with Gasteiger partial charge in [-0.1, -0.05) is 12.1 Å². The van der Waals surface area contributed by atoms with Crippen LogP contribution < -0.4 is 4.72 Å². The molecule has 4 nitrogen and oxygen atoms in total. The maximum Gasteiger partial charge on any atom is 0.240 e. The van der Waals surface area contributed by atoms with Gasteiger partial charge in [-0.15, -0.1) is 11.6 Å². The Bertz CT molecular complexity index is 551. The van der Waals surface area contributed by atoms with Crippen molar-refractivity contribution in [2.24, 2.45) is 5.92 Å². The second-order valence-corrected chi connectivity index (χ2v) is 8.05. The van der Waals surface area contributed by atoms with Crippen LogP contribution in [-0.4, -0.2) is 32.1 Å². The quantitative estimate of drug-likeness (QED) is 0.747. The summed E-state index contributed by atoms with van der Waals surface area (Å²) in [5, 5.41) is 9.13. The highest BCUT2D eigenvalue weighted by molar-refractivity contribution is 7.89. The fourth-order valence-corrected chi connectivity index (χ4v) is 4.30. The third-order valence-corrected chi connectivity index (χ3v) is 6.06.